The fraction of sp³-hybridized carbons (Fsp3) is 0.778. The van der Waals surface area contributed by atoms with E-state index in [9.17, 15) is 5.11 Å². The molecule has 0 aliphatic carbocycles. The van der Waals surface area contributed by atoms with Gasteiger partial charge in [-0.2, -0.15) is 0 Å². The zero-order valence-electron chi connectivity index (χ0n) is 8.81. The van der Waals surface area contributed by atoms with Crippen molar-refractivity contribution in [3.63, 3.8) is 0 Å². The largest absolute Gasteiger partial charge is 0.395 e. The number of aliphatic hydroxyl groups excluding tert-OH is 1. The highest BCUT2D eigenvalue weighted by Crippen LogP contribution is 2.23. The van der Waals surface area contributed by atoms with Gasteiger partial charge in [-0.25, -0.2) is 0 Å². The molecule has 0 bridgehead atoms. The van der Waals surface area contributed by atoms with Crippen LogP contribution in [-0.2, 0) is 6.54 Å². The van der Waals surface area contributed by atoms with Crippen molar-refractivity contribution in [2.45, 2.75) is 25.4 Å². The number of anilines is 1. The van der Waals surface area contributed by atoms with E-state index in [-0.39, 0.29) is 6.61 Å². The third-order valence-electron chi connectivity index (χ3n) is 2.85. The van der Waals surface area contributed by atoms with Gasteiger partial charge in [0.05, 0.1) is 6.61 Å². The predicted molar refractivity (Wildman–Crippen MR) is 60.0 cm³/mol. The number of likely N-dealkylation sites (tertiary alicyclic amines) is 1. The monoisotopic (exact) mass is 228 g/mol. The van der Waals surface area contributed by atoms with Crippen LogP contribution in [0.4, 0.5) is 5.00 Å². The molecule has 84 valence electrons. The van der Waals surface area contributed by atoms with E-state index in [0.29, 0.717) is 6.04 Å². The van der Waals surface area contributed by atoms with E-state index in [1.165, 1.54) is 11.5 Å². The number of nitrogens with one attached hydrogen (secondary N) is 1. The molecule has 0 radical (unpaired) electrons. The van der Waals surface area contributed by atoms with E-state index in [1.54, 1.807) is 0 Å². The van der Waals surface area contributed by atoms with Crippen LogP contribution in [0, 0.1) is 0 Å². The van der Waals surface area contributed by atoms with E-state index in [2.05, 4.69) is 19.8 Å². The molecule has 1 unspecified atom stereocenters. The molecular weight excluding hydrogens is 212 g/mol. The van der Waals surface area contributed by atoms with Crippen LogP contribution in [0.15, 0.2) is 0 Å². The molecule has 6 heteroatoms. The van der Waals surface area contributed by atoms with Crippen molar-refractivity contribution in [2.24, 2.45) is 0 Å². The van der Waals surface area contributed by atoms with Gasteiger partial charge >= 0.3 is 0 Å². The maximum absolute atomic E-state index is 9.20. The molecule has 2 rings (SSSR count). The second kappa shape index (κ2) is 4.87. The van der Waals surface area contributed by atoms with Crippen LogP contribution >= 0.6 is 11.5 Å². The van der Waals surface area contributed by atoms with Gasteiger partial charge in [-0.3, -0.25) is 4.90 Å². The Kier molecular flexibility index (Phi) is 3.50. The van der Waals surface area contributed by atoms with Gasteiger partial charge in [0.2, 0.25) is 0 Å². The number of hydrogen-bond acceptors (Lipinski definition) is 6. The molecular formula is C9H16N4OS. The zero-order chi connectivity index (χ0) is 10.7. The first-order valence-electron chi connectivity index (χ1n) is 5.19. The molecule has 1 saturated heterocycles. The lowest BCUT2D eigenvalue weighted by atomic mass is 10.2. The molecule has 2 N–H and O–H groups in total. The van der Waals surface area contributed by atoms with Gasteiger partial charge in [-0.05, 0) is 19.4 Å². The summed E-state index contributed by atoms with van der Waals surface area (Å²) in [6.07, 6.45) is 2.25. The second-order valence-corrected chi connectivity index (χ2v) is 4.50. The molecule has 0 aromatic carbocycles. The lowest BCUT2D eigenvalue weighted by Gasteiger charge is -2.21. The Morgan fingerprint density at radius 2 is 2.53 bits per heavy atom. The van der Waals surface area contributed by atoms with Crippen molar-refractivity contribution in [1.29, 1.82) is 0 Å². The molecule has 0 amide bonds. The van der Waals surface area contributed by atoms with E-state index in [0.717, 1.165) is 36.6 Å². The highest BCUT2D eigenvalue weighted by Gasteiger charge is 2.25. The highest BCUT2D eigenvalue weighted by atomic mass is 32.1. The summed E-state index contributed by atoms with van der Waals surface area (Å²) >= 11 is 1.38. The molecule has 0 saturated carbocycles. The summed E-state index contributed by atoms with van der Waals surface area (Å²) in [4.78, 5) is 2.28. The van der Waals surface area contributed by atoms with Crippen molar-refractivity contribution in [3.8, 4) is 0 Å². The third kappa shape index (κ3) is 2.27. The van der Waals surface area contributed by atoms with Crippen molar-refractivity contribution < 1.29 is 5.11 Å². The fourth-order valence-electron chi connectivity index (χ4n) is 2.00. The lowest BCUT2D eigenvalue weighted by molar-refractivity contribution is 0.152. The Bertz CT molecular complexity index is 317. The minimum Gasteiger partial charge on any atom is -0.395 e. The van der Waals surface area contributed by atoms with Crippen LogP contribution in [0.2, 0.25) is 0 Å². The van der Waals surface area contributed by atoms with Crippen LogP contribution < -0.4 is 5.32 Å². The first-order valence-corrected chi connectivity index (χ1v) is 5.96. The van der Waals surface area contributed by atoms with Crippen LogP contribution in [0.25, 0.3) is 0 Å². The molecule has 2 heterocycles. The van der Waals surface area contributed by atoms with Gasteiger partial charge in [0.1, 0.15) is 10.7 Å². The summed E-state index contributed by atoms with van der Waals surface area (Å²) in [5.74, 6) is 0. The first kappa shape index (κ1) is 10.8. The molecule has 0 spiro atoms. The van der Waals surface area contributed by atoms with Gasteiger partial charge in [0.25, 0.3) is 0 Å². The number of hydrogen-bond donors (Lipinski definition) is 2. The molecule has 1 aliphatic heterocycles. The average molecular weight is 228 g/mol. The molecule has 5 nitrogen and oxygen atoms in total. The van der Waals surface area contributed by atoms with Crippen molar-refractivity contribution in [2.75, 3.05) is 25.5 Å². The molecule has 1 aromatic rings. The van der Waals surface area contributed by atoms with Crippen molar-refractivity contribution in [3.05, 3.63) is 5.69 Å². The number of aliphatic hydroxyl groups is 1. The van der Waals surface area contributed by atoms with Crippen LogP contribution in [0.3, 0.4) is 0 Å². The molecule has 1 aromatic heterocycles. The number of nitrogens with zero attached hydrogens (tertiary/aromatic N) is 3. The topological polar surface area (TPSA) is 61.3 Å². The SMILES string of the molecule is CNc1snnc1CN1CCCC1CO. The van der Waals surface area contributed by atoms with E-state index in [4.69, 9.17) is 0 Å². The van der Waals surface area contributed by atoms with Gasteiger partial charge in [0.15, 0.2) is 0 Å². The Labute approximate surface area is 93.3 Å². The second-order valence-electron chi connectivity index (χ2n) is 3.75. The number of rotatable bonds is 4. The predicted octanol–water partition coefficient (Wildman–Crippen LogP) is 0.536. The smallest absolute Gasteiger partial charge is 0.134 e. The Hall–Kier alpha value is -0.720. The summed E-state index contributed by atoms with van der Waals surface area (Å²) in [6, 6.07) is 0.302. The number of aromatic nitrogens is 2. The minimum atomic E-state index is 0.243. The summed E-state index contributed by atoms with van der Waals surface area (Å²) < 4.78 is 3.93. The average Bonchev–Trinajstić information content (AvgIpc) is 2.87. The summed E-state index contributed by atoms with van der Waals surface area (Å²) in [7, 11) is 1.88. The summed E-state index contributed by atoms with van der Waals surface area (Å²) in [6.45, 7) is 2.08. The molecule has 1 aliphatic rings. The van der Waals surface area contributed by atoms with Gasteiger partial charge in [-0.15, -0.1) is 5.10 Å². The van der Waals surface area contributed by atoms with Crippen LogP contribution in [-0.4, -0.2) is 45.8 Å². The first-order chi connectivity index (χ1) is 7.35. The van der Waals surface area contributed by atoms with Crippen molar-refractivity contribution >= 4 is 16.5 Å². The van der Waals surface area contributed by atoms with E-state index < -0.39 is 0 Å². The highest BCUT2D eigenvalue weighted by molar-refractivity contribution is 7.10. The maximum Gasteiger partial charge on any atom is 0.134 e. The summed E-state index contributed by atoms with van der Waals surface area (Å²) in [5.41, 5.74) is 0.989. The quantitative estimate of drug-likeness (QED) is 0.787. The van der Waals surface area contributed by atoms with Crippen LogP contribution in [0.5, 0.6) is 0 Å². The fourth-order valence-corrected chi connectivity index (χ4v) is 2.53. The Balaban J connectivity index is 2.01. The van der Waals surface area contributed by atoms with Gasteiger partial charge in [0, 0.05) is 31.2 Å². The molecule has 15 heavy (non-hydrogen) atoms. The molecule has 1 atom stereocenters. The maximum atomic E-state index is 9.20. The Morgan fingerprint density at radius 1 is 1.67 bits per heavy atom. The molecule has 1 fully saturated rings. The normalized spacial score (nSPS) is 22.1. The zero-order valence-corrected chi connectivity index (χ0v) is 9.63. The summed E-state index contributed by atoms with van der Waals surface area (Å²) in [5, 5.41) is 17.4. The van der Waals surface area contributed by atoms with Gasteiger partial charge < -0.3 is 10.4 Å². The minimum absolute atomic E-state index is 0.243. The van der Waals surface area contributed by atoms with Gasteiger partial charge in [-0.1, -0.05) is 4.49 Å². The lowest BCUT2D eigenvalue weighted by Crippen LogP contribution is -2.31. The van der Waals surface area contributed by atoms with E-state index >= 15 is 0 Å². The standard InChI is InChI=1S/C9H16N4OS/c1-10-9-8(11-12-15-9)5-13-4-2-3-7(13)6-14/h7,10,14H,2-6H2,1H3. The Morgan fingerprint density at radius 3 is 3.27 bits per heavy atom. The van der Waals surface area contributed by atoms with Crippen molar-refractivity contribution in [1.82, 2.24) is 14.5 Å². The van der Waals surface area contributed by atoms with E-state index in [1.807, 2.05) is 7.05 Å². The van der Waals surface area contributed by atoms with Crippen LogP contribution in [0.1, 0.15) is 18.5 Å². The third-order valence-corrected chi connectivity index (χ3v) is 3.63.